The minimum absolute atomic E-state index is 0.191. The van der Waals surface area contributed by atoms with Crippen molar-refractivity contribution in [3.63, 3.8) is 0 Å². The first-order valence-electron chi connectivity index (χ1n) is 10.3. The third-order valence-electron chi connectivity index (χ3n) is 5.74. The van der Waals surface area contributed by atoms with Crippen molar-refractivity contribution in [3.8, 4) is 0 Å². The summed E-state index contributed by atoms with van der Waals surface area (Å²) in [7, 11) is 3.98. The van der Waals surface area contributed by atoms with E-state index in [0.717, 1.165) is 25.9 Å². The molecule has 0 saturated carbocycles. The van der Waals surface area contributed by atoms with Crippen LogP contribution in [0.3, 0.4) is 0 Å². The molecule has 2 heterocycles. The van der Waals surface area contributed by atoms with Crippen LogP contribution in [0.1, 0.15) is 31.7 Å². The molecule has 2 aliphatic heterocycles. The number of halogens is 1. The Balaban J connectivity index is 1.90. The fourth-order valence-electron chi connectivity index (χ4n) is 4.00. The van der Waals surface area contributed by atoms with Crippen molar-refractivity contribution in [3.05, 3.63) is 41.3 Å². The maximum absolute atomic E-state index is 13.4. The summed E-state index contributed by atoms with van der Waals surface area (Å²) in [5, 5.41) is 0. The molecule has 3 rings (SSSR count). The minimum Gasteiger partial charge on any atom is -0.382 e. The van der Waals surface area contributed by atoms with Gasteiger partial charge in [0, 0.05) is 32.8 Å². The quantitative estimate of drug-likeness (QED) is 0.493. The maximum atomic E-state index is 13.4. The highest BCUT2D eigenvalue weighted by Gasteiger charge is 2.42. The molecule has 6 nitrogen and oxygen atoms in total. The molecule has 1 aromatic rings. The highest BCUT2D eigenvalue weighted by atomic mass is 19.1. The second kappa shape index (κ2) is 9.50. The second-order valence-electron chi connectivity index (χ2n) is 7.69. The molecular formula is C22H30FN3O3. The average molecular weight is 403 g/mol. The fourth-order valence-corrected chi connectivity index (χ4v) is 4.00. The molecule has 0 N–H and O–H groups in total. The Hall–Kier alpha value is -2.25. The molecule has 2 aliphatic rings. The Kier molecular flexibility index (Phi) is 7.03. The van der Waals surface area contributed by atoms with Crippen LogP contribution in [-0.4, -0.2) is 79.5 Å². The molecule has 0 atom stereocenters. The number of hydrogen-bond acceptors (Lipinski definition) is 5. The summed E-state index contributed by atoms with van der Waals surface area (Å²) < 4.78 is 18.8. The third kappa shape index (κ3) is 4.67. The molecule has 0 bridgehead atoms. The lowest BCUT2D eigenvalue weighted by Gasteiger charge is -2.36. The van der Waals surface area contributed by atoms with Crippen molar-refractivity contribution >= 4 is 17.4 Å². The summed E-state index contributed by atoms with van der Waals surface area (Å²) in [5.74, 6) is -0.954. The molecule has 0 aliphatic carbocycles. The van der Waals surface area contributed by atoms with Gasteiger partial charge >= 0.3 is 0 Å². The molecule has 158 valence electrons. The van der Waals surface area contributed by atoms with E-state index in [2.05, 4.69) is 11.9 Å². The van der Waals surface area contributed by atoms with Gasteiger partial charge in [0.05, 0.1) is 5.57 Å². The lowest BCUT2D eigenvalue weighted by molar-refractivity contribution is -0.137. The molecule has 0 spiro atoms. The van der Waals surface area contributed by atoms with E-state index in [-0.39, 0.29) is 23.7 Å². The number of hydrogen-bond donors (Lipinski definition) is 0. The van der Waals surface area contributed by atoms with Crippen LogP contribution in [-0.2, 0) is 14.3 Å². The Bertz CT molecular complexity index is 770. The van der Waals surface area contributed by atoms with Gasteiger partial charge in [-0.3, -0.25) is 14.5 Å². The van der Waals surface area contributed by atoms with Gasteiger partial charge in [-0.1, -0.05) is 12.1 Å². The highest BCUT2D eigenvalue weighted by Crippen LogP contribution is 2.33. The van der Waals surface area contributed by atoms with Gasteiger partial charge in [-0.05, 0) is 64.0 Å². The molecule has 0 aromatic heterocycles. The van der Waals surface area contributed by atoms with Crippen molar-refractivity contribution in [2.24, 2.45) is 0 Å². The number of carbonyl (C=O) groups excluding carboxylic acids is 2. The normalized spacial score (nSPS) is 18.8. The van der Waals surface area contributed by atoms with Gasteiger partial charge < -0.3 is 14.5 Å². The van der Waals surface area contributed by atoms with Crippen LogP contribution in [0.4, 0.5) is 4.39 Å². The topological polar surface area (TPSA) is 53.1 Å². The zero-order valence-corrected chi connectivity index (χ0v) is 17.5. The number of carbonyl (C=O) groups is 2. The Morgan fingerprint density at radius 1 is 1.14 bits per heavy atom. The predicted molar refractivity (Wildman–Crippen MR) is 109 cm³/mol. The van der Waals surface area contributed by atoms with Crippen molar-refractivity contribution in [1.29, 1.82) is 0 Å². The molecule has 7 heteroatoms. The van der Waals surface area contributed by atoms with Crippen molar-refractivity contribution in [2.45, 2.75) is 32.2 Å². The number of rotatable bonds is 8. The van der Waals surface area contributed by atoms with Crippen LogP contribution in [0.15, 0.2) is 30.0 Å². The summed E-state index contributed by atoms with van der Waals surface area (Å²) >= 11 is 0. The van der Waals surface area contributed by atoms with Crippen LogP contribution in [0.25, 0.3) is 5.57 Å². The van der Waals surface area contributed by atoms with E-state index in [1.54, 1.807) is 12.1 Å². The molecule has 1 aromatic carbocycles. The van der Waals surface area contributed by atoms with Gasteiger partial charge in [-0.15, -0.1) is 0 Å². The second-order valence-corrected chi connectivity index (χ2v) is 7.69. The van der Waals surface area contributed by atoms with Gasteiger partial charge in [0.1, 0.15) is 11.5 Å². The number of imide groups is 1. The maximum Gasteiger partial charge on any atom is 0.277 e. The lowest BCUT2D eigenvalue weighted by Crippen LogP contribution is -2.43. The van der Waals surface area contributed by atoms with E-state index in [4.69, 9.17) is 4.74 Å². The Morgan fingerprint density at radius 2 is 1.79 bits per heavy atom. The van der Waals surface area contributed by atoms with Crippen molar-refractivity contribution < 1.29 is 18.7 Å². The molecule has 0 unspecified atom stereocenters. The van der Waals surface area contributed by atoms with Crippen LogP contribution >= 0.6 is 0 Å². The smallest absolute Gasteiger partial charge is 0.277 e. The predicted octanol–water partition coefficient (Wildman–Crippen LogP) is 2.36. The number of ether oxygens (including phenoxy) is 1. The first-order chi connectivity index (χ1) is 13.9. The van der Waals surface area contributed by atoms with E-state index in [9.17, 15) is 14.0 Å². The summed E-state index contributed by atoms with van der Waals surface area (Å²) in [6, 6.07) is 5.98. The zero-order valence-electron chi connectivity index (χ0n) is 17.5. The van der Waals surface area contributed by atoms with Crippen LogP contribution < -0.4 is 0 Å². The minimum atomic E-state index is -0.370. The molecular weight excluding hydrogens is 373 g/mol. The third-order valence-corrected chi connectivity index (χ3v) is 5.74. The fraction of sp³-hybridized carbons (Fsp3) is 0.545. The average Bonchev–Trinajstić information content (AvgIpc) is 2.96. The SMILES string of the molecule is CCOCCCN1C(=O)C(c2ccc(F)cc2)=C(N(C)C2CCN(C)CC2)C1=O. The van der Waals surface area contributed by atoms with Crippen LogP contribution in [0.2, 0.25) is 0 Å². The Labute approximate surface area is 171 Å². The number of amides is 2. The molecule has 29 heavy (non-hydrogen) atoms. The van der Waals surface area contributed by atoms with Crippen LogP contribution in [0, 0.1) is 5.82 Å². The number of benzene rings is 1. The number of piperidine rings is 1. The van der Waals surface area contributed by atoms with Crippen molar-refractivity contribution in [1.82, 2.24) is 14.7 Å². The van der Waals surface area contributed by atoms with Gasteiger partial charge in [-0.25, -0.2) is 4.39 Å². The Morgan fingerprint density at radius 3 is 2.41 bits per heavy atom. The first-order valence-corrected chi connectivity index (χ1v) is 10.3. The van der Waals surface area contributed by atoms with E-state index in [1.165, 1.54) is 17.0 Å². The van der Waals surface area contributed by atoms with Gasteiger partial charge in [0.25, 0.3) is 11.8 Å². The van der Waals surface area contributed by atoms with Gasteiger partial charge in [0.2, 0.25) is 0 Å². The van der Waals surface area contributed by atoms with E-state index >= 15 is 0 Å². The number of nitrogens with zero attached hydrogens (tertiary/aromatic N) is 3. The largest absolute Gasteiger partial charge is 0.382 e. The zero-order chi connectivity index (χ0) is 21.0. The van der Waals surface area contributed by atoms with E-state index < -0.39 is 0 Å². The van der Waals surface area contributed by atoms with Crippen LogP contribution in [0.5, 0.6) is 0 Å². The standard InChI is InChI=1S/C22H30FN3O3/c1-4-29-15-5-12-26-21(27)19(16-6-8-17(23)9-7-16)20(22(26)28)25(3)18-10-13-24(2)14-11-18/h6-9,18H,4-5,10-15H2,1-3H3. The van der Waals surface area contributed by atoms with E-state index in [1.807, 2.05) is 18.9 Å². The highest BCUT2D eigenvalue weighted by molar-refractivity contribution is 6.35. The molecule has 2 amide bonds. The van der Waals surface area contributed by atoms with Gasteiger partial charge in [-0.2, -0.15) is 0 Å². The molecule has 1 saturated heterocycles. The molecule has 1 fully saturated rings. The lowest BCUT2D eigenvalue weighted by atomic mass is 10.00. The molecule has 0 radical (unpaired) electrons. The summed E-state index contributed by atoms with van der Waals surface area (Å²) in [6.45, 7) is 5.23. The number of likely N-dealkylation sites (N-methyl/N-ethyl adjacent to an activating group) is 1. The van der Waals surface area contributed by atoms with Gasteiger partial charge in [0.15, 0.2) is 0 Å². The van der Waals surface area contributed by atoms with Crippen molar-refractivity contribution in [2.75, 3.05) is 46.9 Å². The summed E-state index contributed by atoms with van der Waals surface area (Å²) in [6.07, 6.45) is 2.45. The summed E-state index contributed by atoms with van der Waals surface area (Å²) in [5.41, 5.74) is 1.37. The van der Waals surface area contributed by atoms with E-state index in [0.29, 0.717) is 43.0 Å². The summed E-state index contributed by atoms with van der Waals surface area (Å²) in [4.78, 5) is 32.0. The first kappa shape index (κ1) is 21.5. The number of likely N-dealkylation sites (tertiary alicyclic amines) is 1. The monoisotopic (exact) mass is 403 g/mol.